The van der Waals surface area contributed by atoms with Crippen LogP contribution in [0, 0.1) is 0 Å². The maximum Gasteiger partial charge on any atom is 0.410 e. The minimum Gasteiger partial charge on any atom is -0.467 e. The highest BCUT2D eigenvalue weighted by Crippen LogP contribution is 2.27. The molecule has 0 unspecified atom stereocenters. The first kappa shape index (κ1) is 25.5. The summed E-state index contributed by atoms with van der Waals surface area (Å²) in [6.45, 7) is 8.74. The van der Waals surface area contributed by atoms with Crippen molar-refractivity contribution in [2.45, 2.75) is 58.3 Å². The standard InChI is InChI=1S/C20H34N4O4.HI/c1-20(2,3)28-19(25)24(16-8-9-16)12-11-23-18(21-4)22-10-6-13-26-15-17-7-5-14-27-17;/h5,7,14,16H,6,8-13,15H2,1-4H3,(H2,21,22,23);1H. The number of rotatable bonds is 10. The maximum absolute atomic E-state index is 12.4. The van der Waals surface area contributed by atoms with Gasteiger partial charge in [-0.2, -0.15) is 0 Å². The molecule has 0 bridgehead atoms. The fourth-order valence-electron chi connectivity index (χ4n) is 2.59. The molecule has 29 heavy (non-hydrogen) atoms. The van der Waals surface area contributed by atoms with Crippen molar-refractivity contribution in [1.29, 1.82) is 0 Å². The third-order valence-electron chi connectivity index (χ3n) is 4.07. The molecule has 1 aromatic heterocycles. The molecule has 166 valence electrons. The van der Waals surface area contributed by atoms with Gasteiger partial charge in [0.15, 0.2) is 5.96 Å². The Labute approximate surface area is 190 Å². The third kappa shape index (κ3) is 10.7. The normalized spacial score (nSPS) is 14.1. The molecule has 0 spiro atoms. The van der Waals surface area contributed by atoms with E-state index in [0.29, 0.717) is 38.3 Å². The van der Waals surface area contributed by atoms with Gasteiger partial charge in [0.2, 0.25) is 0 Å². The Morgan fingerprint density at radius 3 is 2.62 bits per heavy atom. The van der Waals surface area contributed by atoms with Crippen molar-refractivity contribution in [2.24, 2.45) is 4.99 Å². The van der Waals surface area contributed by atoms with Crippen LogP contribution in [0.1, 0.15) is 45.8 Å². The van der Waals surface area contributed by atoms with Gasteiger partial charge in [-0.1, -0.05) is 0 Å². The highest BCUT2D eigenvalue weighted by Gasteiger charge is 2.34. The van der Waals surface area contributed by atoms with Crippen molar-refractivity contribution in [2.75, 3.05) is 33.3 Å². The predicted octanol–water partition coefficient (Wildman–Crippen LogP) is 3.37. The van der Waals surface area contributed by atoms with E-state index in [1.54, 1.807) is 13.3 Å². The number of carbonyl (C=O) groups excluding carboxylic acids is 1. The highest BCUT2D eigenvalue weighted by molar-refractivity contribution is 14.0. The van der Waals surface area contributed by atoms with Gasteiger partial charge in [-0.25, -0.2) is 4.79 Å². The van der Waals surface area contributed by atoms with E-state index in [1.807, 2.05) is 37.8 Å². The zero-order valence-corrected chi connectivity index (χ0v) is 20.2. The second-order valence-corrected chi connectivity index (χ2v) is 7.82. The van der Waals surface area contributed by atoms with Crippen molar-refractivity contribution >= 4 is 36.0 Å². The minimum atomic E-state index is -0.478. The Hall–Kier alpha value is -1.49. The van der Waals surface area contributed by atoms with Gasteiger partial charge in [-0.3, -0.25) is 4.99 Å². The molecule has 1 heterocycles. The molecule has 0 atom stereocenters. The lowest BCUT2D eigenvalue weighted by atomic mass is 10.2. The van der Waals surface area contributed by atoms with Crippen LogP contribution < -0.4 is 10.6 Å². The van der Waals surface area contributed by atoms with Gasteiger partial charge in [0.25, 0.3) is 0 Å². The fraction of sp³-hybridized carbons (Fsp3) is 0.700. The number of amides is 1. The van der Waals surface area contributed by atoms with E-state index < -0.39 is 5.60 Å². The molecule has 8 nitrogen and oxygen atoms in total. The summed E-state index contributed by atoms with van der Waals surface area (Å²) in [6, 6.07) is 4.05. The van der Waals surface area contributed by atoms with E-state index in [-0.39, 0.29) is 30.1 Å². The average Bonchev–Trinajstić information content (AvgIpc) is 3.32. The van der Waals surface area contributed by atoms with Gasteiger partial charge in [-0.05, 0) is 52.2 Å². The fourth-order valence-corrected chi connectivity index (χ4v) is 2.59. The summed E-state index contributed by atoms with van der Waals surface area (Å²) in [5, 5.41) is 6.50. The van der Waals surface area contributed by atoms with Crippen molar-refractivity contribution in [3.8, 4) is 0 Å². The number of halogens is 1. The average molecular weight is 522 g/mol. The van der Waals surface area contributed by atoms with Crippen molar-refractivity contribution in [3.63, 3.8) is 0 Å². The number of carbonyl (C=O) groups is 1. The SMILES string of the molecule is CN=C(NCCCOCc1ccco1)NCCN(C(=O)OC(C)(C)C)C1CC1.I. The van der Waals surface area contributed by atoms with Crippen molar-refractivity contribution in [1.82, 2.24) is 15.5 Å². The first-order chi connectivity index (χ1) is 13.4. The quantitative estimate of drug-likeness (QED) is 0.212. The first-order valence-electron chi connectivity index (χ1n) is 9.93. The molecule has 2 rings (SSSR count). The summed E-state index contributed by atoms with van der Waals surface area (Å²) in [4.78, 5) is 18.4. The molecule has 2 N–H and O–H groups in total. The molecule has 1 fully saturated rings. The van der Waals surface area contributed by atoms with E-state index in [1.165, 1.54) is 0 Å². The molecule has 1 aromatic rings. The second kappa shape index (κ2) is 12.9. The molecule has 1 saturated carbocycles. The summed E-state index contributed by atoms with van der Waals surface area (Å²) in [6.07, 6.45) is 4.35. The molecular weight excluding hydrogens is 487 g/mol. The van der Waals surface area contributed by atoms with Crippen molar-refractivity contribution in [3.05, 3.63) is 24.2 Å². The maximum atomic E-state index is 12.4. The lowest BCUT2D eigenvalue weighted by Gasteiger charge is -2.27. The van der Waals surface area contributed by atoms with Gasteiger partial charge in [0.1, 0.15) is 18.0 Å². The number of furan rings is 1. The topological polar surface area (TPSA) is 88.3 Å². The van der Waals surface area contributed by atoms with Gasteiger partial charge in [0.05, 0.1) is 6.26 Å². The zero-order chi connectivity index (χ0) is 20.4. The number of aliphatic imine (C=N–C) groups is 1. The van der Waals surface area contributed by atoms with Gasteiger partial charge >= 0.3 is 6.09 Å². The molecule has 9 heteroatoms. The minimum absolute atomic E-state index is 0. The summed E-state index contributed by atoms with van der Waals surface area (Å²) in [5.41, 5.74) is -0.478. The molecule has 0 radical (unpaired) electrons. The number of guanidine groups is 1. The van der Waals surface area contributed by atoms with Crippen LogP contribution >= 0.6 is 24.0 Å². The molecule has 0 saturated heterocycles. The van der Waals surface area contributed by atoms with Crippen LogP contribution in [0.15, 0.2) is 27.8 Å². The Bertz CT molecular complexity index is 612. The number of hydrogen-bond donors (Lipinski definition) is 2. The highest BCUT2D eigenvalue weighted by atomic mass is 127. The first-order valence-corrected chi connectivity index (χ1v) is 9.93. The summed E-state index contributed by atoms with van der Waals surface area (Å²) >= 11 is 0. The van der Waals surface area contributed by atoms with Crippen LogP contribution in [0.2, 0.25) is 0 Å². The summed E-state index contributed by atoms with van der Waals surface area (Å²) < 4.78 is 16.3. The number of nitrogens with zero attached hydrogens (tertiary/aromatic N) is 2. The van der Waals surface area contributed by atoms with E-state index in [0.717, 1.165) is 31.6 Å². The van der Waals surface area contributed by atoms with Crippen LogP contribution in [-0.2, 0) is 16.1 Å². The van der Waals surface area contributed by atoms with Crippen LogP contribution in [0.5, 0.6) is 0 Å². The summed E-state index contributed by atoms with van der Waals surface area (Å²) in [5.74, 6) is 1.54. The van der Waals surface area contributed by atoms with Gasteiger partial charge in [-0.15, -0.1) is 24.0 Å². The third-order valence-corrected chi connectivity index (χ3v) is 4.07. The van der Waals surface area contributed by atoms with Crippen molar-refractivity contribution < 1.29 is 18.7 Å². The van der Waals surface area contributed by atoms with Gasteiger partial charge < -0.3 is 29.4 Å². The van der Waals surface area contributed by atoms with E-state index in [2.05, 4.69) is 15.6 Å². The Morgan fingerprint density at radius 2 is 2.03 bits per heavy atom. The number of hydrogen-bond acceptors (Lipinski definition) is 5. The monoisotopic (exact) mass is 522 g/mol. The Kier molecular flexibility index (Phi) is 11.4. The van der Waals surface area contributed by atoms with Crippen LogP contribution in [-0.4, -0.2) is 61.9 Å². The lowest BCUT2D eigenvalue weighted by Crippen LogP contribution is -2.45. The molecule has 1 aliphatic carbocycles. The number of nitrogens with one attached hydrogen (secondary N) is 2. The molecule has 0 aliphatic heterocycles. The molecule has 1 aliphatic rings. The lowest BCUT2D eigenvalue weighted by molar-refractivity contribution is 0.0238. The molecular formula is C20H35IN4O4. The van der Waals surface area contributed by atoms with Crippen LogP contribution in [0.4, 0.5) is 4.79 Å². The second-order valence-electron chi connectivity index (χ2n) is 7.82. The van der Waals surface area contributed by atoms with Gasteiger partial charge in [0, 0.05) is 39.3 Å². The Morgan fingerprint density at radius 1 is 1.31 bits per heavy atom. The molecule has 1 amide bonds. The zero-order valence-electron chi connectivity index (χ0n) is 17.9. The van der Waals surface area contributed by atoms with E-state index >= 15 is 0 Å². The number of ether oxygens (including phenoxy) is 2. The van der Waals surface area contributed by atoms with Crippen LogP contribution in [0.25, 0.3) is 0 Å². The predicted molar refractivity (Wildman–Crippen MR) is 124 cm³/mol. The van der Waals surface area contributed by atoms with E-state index in [4.69, 9.17) is 13.9 Å². The Balaban J connectivity index is 0.00000420. The largest absolute Gasteiger partial charge is 0.467 e. The summed E-state index contributed by atoms with van der Waals surface area (Å²) in [7, 11) is 1.73. The molecule has 0 aromatic carbocycles. The van der Waals surface area contributed by atoms with Crippen LogP contribution in [0.3, 0.4) is 0 Å². The smallest absolute Gasteiger partial charge is 0.410 e. The van der Waals surface area contributed by atoms with E-state index in [9.17, 15) is 4.79 Å².